The zero-order valence-electron chi connectivity index (χ0n) is 12.5. The van der Waals surface area contributed by atoms with Crippen molar-refractivity contribution in [2.24, 2.45) is 0 Å². The van der Waals surface area contributed by atoms with E-state index >= 15 is 0 Å². The Balaban J connectivity index is 1.68. The lowest BCUT2D eigenvalue weighted by Crippen LogP contribution is -2.34. The lowest BCUT2D eigenvalue weighted by molar-refractivity contribution is -0.188. The minimum atomic E-state index is -0.789. The molecule has 2 aliphatic rings. The van der Waals surface area contributed by atoms with Crippen LogP contribution >= 0.6 is 15.9 Å². The van der Waals surface area contributed by atoms with Crippen LogP contribution in [0, 0.1) is 0 Å². The molecule has 22 heavy (non-hydrogen) atoms. The summed E-state index contributed by atoms with van der Waals surface area (Å²) in [5.74, 6) is -0.0306. The van der Waals surface area contributed by atoms with E-state index in [0.717, 1.165) is 4.47 Å². The number of cyclic esters (lactones) is 1. The smallest absolute Gasteiger partial charge is 0.338 e. The molecule has 120 valence electrons. The number of carbonyl (C=O) groups is 1. The van der Waals surface area contributed by atoms with E-state index in [1.165, 1.54) is 0 Å². The minimum absolute atomic E-state index is 0.171. The molecular weight excluding hydrogens is 356 g/mol. The van der Waals surface area contributed by atoms with Gasteiger partial charge >= 0.3 is 5.97 Å². The molecule has 2 heterocycles. The van der Waals surface area contributed by atoms with Crippen LogP contribution in [0.3, 0.4) is 0 Å². The van der Waals surface area contributed by atoms with E-state index in [1.807, 2.05) is 6.07 Å². The van der Waals surface area contributed by atoms with Gasteiger partial charge in [-0.05, 0) is 32.0 Å². The Bertz CT molecular complexity index is 587. The third-order valence-electron chi connectivity index (χ3n) is 3.52. The van der Waals surface area contributed by atoms with Crippen LogP contribution < -0.4 is 9.47 Å². The van der Waals surface area contributed by atoms with E-state index in [2.05, 4.69) is 15.9 Å². The molecule has 7 heteroatoms. The van der Waals surface area contributed by atoms with E-state index in [4.69, 9.17) is 23.7 Å². The van der Waals surface area contributed by atoms with Crippen molar-refractivity contribution in [3.05, 3.63) is 22.7 Å². The fourth-order valence-electron chi connectivity index (χ4n) is 2.59. The van der Waals surface area contributed by atoms with Gasteiger partial charge in [0.1, 0.15) is 12.7 Å². The average Bonchev–Trinajstić information content (AvgIpc) is 2.92. The number of carbonyl (C=O) groups excluding carboxylic acids is 1. The molecular formula is C15H17BrO6. The third kappa shape index (κ3) is 2.93. The van der Waals surface area contributed by atoms with Gasteiger partial charge in [-0.25, -0.2) is 4.79 Å². The number of methoxy groups -OCH3 is 1. The maximum atomic E-state index is 11.8. The van der Waals surface area contributed by atoms with Gasteiger partial charge in [0.2, 0.25) is 0 Å². The topological polar surface area (TPSA) is 63.2 Å². The largest absolute Gasteiger partial charge is 0.493 e. The van der Waals surface area contributed by atoms with Gasteiger partial charge in [-0.1, -0.05) is 15.9 Å². The fourth-order valence-corrected chi connectivity index (χ4v) is 2.93. The summed E-state index contributed by atoms with van der Waals surface area (Å²) in [6.07, 6.45) is -1.65. The first-order valence-corrected chi connectivity index (χ1v) is 7.71. The number of hydrogen-bond donors (Lipinski definition) is 0. The number of ether oxygens (including phenoxy) is 5. The van der Waals surface area contributed by atoms with Crippen LogP contribution in [-0.2, 0) is 19.0 Å². The summed E-state index contributed by atoms with van der Waals surface area (Å²) < 4.78 is 28.4. The van der Waals surface area contributed by atoms with Crippen LogP contribution in [0.2, 0.25) is 0 Å². The highest BCUT2D eigenvalue weighted by atomic mass is 79.9. The van der Waals surface area contributed by atoms with Gasteiger partial charge in [-0.15, -0.1) is 0 Å². The van der Waals surface area contributed by atoms with Crippen molar-refractivity contribution in [2.75, 3.05) is 13.7 Å². The molecule has 6 nitrogen and oxygen atoms in total. The lowest BCUT2D eigenvalue weighted by atomic mass is 10.1. The van der Waals surface area contributed by atoms with Gasteiger partial charge in [0.25, 0.3) is 0 Å². The predicted molar refractivity (Wildman–Crippen MR) is 79.9 cm³/mol. The van der Waals surface area contributed by atoms with Crippen LogP contribution in [0.15, 0.2) is 22.7 Å². The lowest BCUT2D eigenvalue weighted by Gasteiger charge is -2.21. The van der Waals surface area contributed by atoms with Gasteiger partial charge in [0.05, 0.1) is 7.11 Å². The van der Waals surface area contributed by atoms with Crippen molar-refractivity contribution in [3.63, 3.8) is 0 Å². The molecule has 1 aromatic carbocycles. The molecule has 0 saturated carbocycles. The molecule has 2 saturated heterocycles. The molecule has 0 N–H and O–H groups in total. The normalized spacial score (nSPS) is 29.1. The monoisotopic (exact) mass is 372 g/mol. The summed E-state index contributed by atoms with van der Waals surface area (Å²) in [4.78, 5) is 11.8. The van der Waals surface area contributed by atoms with Crippen LogP contribution in [0.1, 0.15) is 13.8 Å². The second-order valence-electron chi connectivity index (χ2n) is 5.60. The Morgan fingerprint density at radius 1 is 1.27 bits per heavy atom. The van der Waals surface area contributed by atoms with Crippen LogP contribution in [0.25, 0.3) is 0 Å². The fraction of sp³-hybridized carbons (Fsp3) is 0.533. The summed E-state index contributed by atoms with van der Waals surface area (Å²) in [5.41, 5.74) is 0. The Morgan fingerprint density at radius 3 is 2.77 bits per heavy atom. The number of benzene rings is 1. The van der Waals surface area contributed by atoms with Crippen molar-refractivity contribution >= 4 is 21.9 Å². The zero-order valence-corrected chi connectivity index (χ0v) is 14.1. The first kappa shape index (κ1) is 15.6. The number of rotatable bonds is 4. The Labute approximate surface area is 136 Å². The molecule has 3 rings (SSSR count). The molecule has 0 unspecified atom stereocenters. The van der Waals surface area contributed by atoms with Gasteiger partial charge in [-0.2, -0.15) is 0 Å². The molecule has 2 fully saturated rings. The SMILES string of the molecule is COc1cc(Br)ccc1OC[C@H]1OC(=O)[C@@H]2OC(C)(C)O[C@H]12. The maximum Gasteiger partial charge on any atom is 0.338 e. The molecule has 2 aliphatic heterocycles. The molecule has 0 radical (unpaired) electrons. The molecule has 0 spiro atoms. The highest BCUT2D eigenvalue weighted by Crippen LogP contribution is 2.37. The van der Waals surface area contributed by atoms with Crippen molar-refractivity contribution in [3.8, 4) is 11.5 Å². The second-order valence-corrected chi connectivity index (χ2v) is 6.52. The summed E-state index contributed by atoms with van der Waals surface area (Å²) in [6, 6.07) is 5.43. The number of fused-ring (bicyclic) bond motifs is 1. The van der Waals surface area contributed by atoms with Crippen LogP contribution in [0.5, 0.6) is 11.5 Å². The van der Waals surface area contributed by atoms with E-state index in [-0.39, 0.29) is 6.61 Å². The van der Waals surface area contributed by atoms with Crippen molar-refractivity contribution < 1.29 is 28.5 Å². The van der Waals surface area contributed by atoms with Crippen molar-refractivity contribution in [2.45, 2.75) is 37.9 Å². The minimum Gasteiger partial charge on any atom is -0.493 e. The third-order valence-corrected chi connectivity index (χ3v) is 4.02. The molecule has 1 aromatic rings. The van der Waals surface area contributed by atoms with E-state index in [1.54, 1.807) is 33.1 Å². The molecule has 0 amide bonds. The summed E-state index contributed by atoms with van der Waals surface area (Å²) >= 11 is 3.37. The standard InChI is InChI=1S/C15H17BrO6/c1-15(2)21-12-11(20-14(17)13(12)22-15)7-19-9-5-4-8(16)6-10(9)18-3/h4-6,11-13H,7H2,1-3H3/t11-,12-,13-/m1/s1. The maximum absolute atomic E-state index is 11.8. The Morgan fingerprint density at radius 2 is 2.05 bits per heavy atom. The van der Waals surface area contributed by atoms with Crippen molar-refractivity contribution in [1.82, 2.24) is 0 Å². The molecule has 0 bridgehead atoms. The number of esters is 1. The van der Waals surface area contributed by atoms with Crippen molar-refractivity contribution in [1.29, 1.82) is 0 Å². The first-order valence-electron chi connectivity index (χ1n) is 6.92. The summed E-state index contributed by atoms with van der Waals surface area (Å²) in [6.45, 7) is 3.72. The summed E-state index contributed by atoms with van der Waals surface area (Å²) in [5, 5.41) is 0. The van der Waals surface area contributed by atoms with E-state index in [9.17, 15) is 4.79 Å². The van der Waals surface area contributed by atoms with Crippen LogP contribution in [0.4, 0.5) is 0 Å². The highest BCUT2D eigenvalue weighted by Gasteiger charge is 2.56. The molecule has 3 atom stereocenters. The van der Waals surface area contributed by atoms with Gasteiger partial charge in [0.15, 0.2) is 29.5 Å². The quantitative estimate of drug-likeness (QED) is 0.755. The molecule has 0 aromatic heterocycles. The van der Waals surface area contributed by atoms with Gasteiger partial charge in [0, 0.05) is 4.47 Å². The summed E-state index contributed by atoms with van der Waals surface area (Å²) in [7, 11) is 1.57. The van der Waals surface area contributed by atoms with Gasteiger partial charge in [-0.3, -0.25) is 0 Å². The first-order chi connectivity index (χ1) is 10.4. The number of halogens is 1. The van der Waals surface area contributed by atoms with Gasteiger partial charge < -0.3 is 23.7 Å². The van der Waals surface area contributed by atoms with E-state index in [0.29, 0.717) is 11.5 Å². The predicted octanol–water partition coefficient (Wildman–Crippen LogP) is 2.28. The Hall–Kier alpha value is -1.31. The second kappa shape index (κ2) is 5.72. The van der Waals surface area contributed by atoms with E-state index < -0.39 is 30.1 Å². The Kier molecular flexibility index (Phi) is 4.05. The average molecular weight is 373 g/mol. The zero-order chi connectivity index (χ0) is 15.9. The van der Waals surface area contributed by atoms with Crippen LogP contribution in [-0.4, -0.2) is 43.8 Å². The number of hydrogen-bond acceptors (Lipinski definition) is 6. The molecule has 0 aliphatic carbocycles. The highest BCUT2D eigenvalue weighted by molar-refractivity contribution is 9.10.